The van der Waals surface area contributed by atoms with E-state index in [0.29, 0.717) is 11.7 Å². The van der Waals surface area contributed by atoms with Gasteiger partial charge in [-0.15, -0.1) is 11.3 Å². The van der Waals surface area contributed by atoms with Crippen molar-refractivity contribution in [3.05, 3.63) is 16.6 Å². The van der Waals surface area contributed by atoms with Gasteiger partial charge in [0.15, 0.2) is 0 Å². The van der Waals surface area contributed by atoms with Crippen molar-refractivity contribution in [2.24, 2.45) is 0 Å². The Labute approximate surface area is 88.8 Å². The molecule has 1 aromatic heterocycles. The van der Waals surface area contributed by atoms with E-state index in [4.69, 9.17) is 0 Å². The lowest BCUT2D eigenvalue weighted by molar-refractivity contribution is 0.0718. The average molecular weight is 212 g/mol. The van der Waals surface area contributed by atoms with Crippen molar-refractivity contribution in [3.8, 4) is 0 Å². The normalized spacial score (nSPS) is 10.6. The van der Waals surface area contributed by atoms with Crippen LogP contribution in [0.1, 0.15) is 37.2 Å². The Balaban J connectivity index is 2.69. The van der Waals surface area contributed by atoms with E-state index in [2.05, 4.69) is 18.8 Å². The molecule has 1 heterocycles. The molecule has 1 rings (SSSR count). The second-order valence-electron chi connectivity index (χ2n) is 3.26. The van der Waals surface area contributed by atoms with Crippen molar-refractivity contribution in [2.45, 2.75) is 32.7 Å². The summed E-state index contributed by atoms with van der Waals surface area (Å²) in [4.78, 5) is 17.6. The second-order valence-corrected chi connectivity index (χ2v) is 3.98. The first kappa shape index (κ1) is 11.2. The number of carbonyl (C=O) groups is 1. The van der Waals surface area contributed by atoms with Crippen LogP contribution in [0.3, 0.4) is 0 Å². The standard InChI is InChI=1S/C10H16N2OS/c1-4-8(5-2)12(3)10(13)9-6-14-7-11-9/h6-8H,4-5H2,1-3H3. The van der Waals surface area contributed by atoms with E-state index in [1.165, 1.54) is 11.3 Å². The van der Waals surface area contributed by atoms with Gasteiger partial charge in [-0.2, -0.15) is 0 Å². The molecule has 0 fully saturated rings. The molecule has 0 aliphatic rings. The quantitative estimate of drug-likeness (QED) is 0.768. The molecule has 4 heteroatoms. The lowest BCUT2D eigenvalue weighted by Crippen LogP contribution is -2.36. The summed E-state index contributed by atoms with van der Waals surface area (Å²) in [6, 6.07) is 0.323. The molecule has 0 spiro atoms. The summed E-state index contributed by atoms with van der Waals surface area (Å²) in [5, 5.41) is 1.79. The van der Waals surface area contributed by atoms with Crippen LogP contribution >= 0.6 is 11.3 Å². The molecule has 0 saturated heterocycles. The summed E-state index contributed by atoms with van der Waals surface area (Å²) in [6.45, 7) is 4.19. The molecule has 0 bridgehead atoms. The summed E-state index contributed by atoms with van der Waals surface area (Å²) in [6.07, 6.45) is 1.98. The maximum absolute atomic E-state index is 11.8. The van der Waals surface area contributed by atoms with E-state index >= 15 is 0 Å². The Kier molecular flexibility index (Phi) is 4.07. The van der Waals surface area contributed by atoms with E-state index in [-0.39, 0.29) is 5.91 Å². The van der Waals surface area contributed by atoms with Crippen LogP contribution in [0.5, 0.6) is 0 Å². The zero-order valence-corrected chi connectivity index (χ0v) is 9.67. The fourth-order valence-electron chi connectivity index (χ4n) is 1.50. The van der Waals surface area contributed by atoms with Gasteiger partial charge >= 0.3 is 0 Å². The smallest absolute Gasteiger partial charge is 0.273 e. The molecule has 0 aliphatic carbocycles. The number of carbonyl (C=O) groups excluding carboxylic acids is 1. The van der Waals surface area contributed by atoms with Crippen LogP contribution in [-0.2, 0) is 0 Å². The van der Waals surface area contributed by atoms with Crippen molar-refractivity contribution in [1.82, 2.24) is 9.88 Å². The van der Waals surface area contributed by atoms with Crippen molar-refractivity contribution in [2.75, 3.05) is 7.05 Å². The first-order valence-corrected chi connectivity index (χ1v) is 5.80. The molecular weight excluding hydrogens is 196 g/mol. The molecular formula is C10H16N2OS. The van der Waals surface area contributed by atoms with E-state index in [9.17, 15) is 4.79 Å². The first-order chi connectivity index (χ1) is 6.70. The molecule has 1 amide bonds. The third-order valence-corrected chi connectivity index (χ3v) is 3.05. The highest BCUT2D eigenvalue weighted by Crippen LogP contribution is 2.11. The SMILES string of the molecule is CCC(CC)N(C)C(=O)c1cscn1. The fourth-order valence-corrected chi connectivity index (χ4v) is 2.03. The van der Waals surface area contributed by atoms with Crippen LogP contribution < -0.4 is 0 Å². The number of amides is 1. The topological polar surface area (TPSA) is 33.2 Å². The summed E-state index contributed by atoms with van der Waals surface area (Å²) in [5.41, 5.74) is 2.25. The molecule has 78 valence electrons. The van der Waals surface area contributed by atoms with Crippen LogP contribution in [0.25, 0.3) is 0 Å². The van der Waals surface area contributed by atoms with Gasteiger partial charge in [0, 0.05) is 18.5 Å². The number of aromatic nitrogens is 1. The van der Waals surface area contributed by atoms with Crippen LogP contribution in [0, 0.1) is 0 Å². The zero-order chi connectivity index (χ0) is 10.6. The van der Waals surface area contributed by atoms with Crippen molar-refractivity contribution >= 4 is 17.2 Å². The molecule has 3 nitrogen and oxygen atoms in total. The average Bonchev–Trinajstić information content (AvgIpc) is 2.71. The van der Waals surface area contributed by atoms with Crippen molar-refractivity contribution in [1.29, 1.82) is 0 Å². The third-order valence-electron chi connectivity index (χ3n) is 2.46. The maximum atomic E-state index is 11.8. The molecule has 0 saturated carbocycles. The predicted molar refractivity (Wildman–Crippen MR) is 58.6 cm³/mol. The molecule has 0 radical (unpaired) electrons. The van der Waals surface area contributed by atoms with E-state index in [0.717, 1.165) is 12.8 Å². The molecule has 1 aromatic rings. The van der Waals surface area contributed by atoms with Crippen LogP contribution in [0.2, 0.25) is 0 Å². The van der Waals surface area contributed by atoms with E-state index in [1.54, 1.807) is 15.8 Å². The molecule has 0 atom stereocenters. The largest absolute Gasteiger partial charge is 0.337 e. The Morgan fingerprint density at radius 1 is 1.57 bits per heavy atom. The monoisotopic (exact) mass is 212 g/mol. The van der Waals surface area contributed by atoms with E-state index < -0.39 is 0 Å². The summed E-state index contributed by atoms with van der Waals surface area (Å²) >= 11 is 1.45. The van der Waals surface area contributed by atoms with Crippen LogP contribution in [-0.4, -0.2) is 28.9 Å². The minimum atomic E-state index is 0.0277. The number of hydrogen-bond acceptors (Lipinski definition) is 3. The Morgan fingerprint density at radius 2 is 2.21 bits per heavy atom. The number of rotatable bonds is 4. The summed E-state index contributed by atoms with van der Waals surface area (Å²) < 4.78 is 0. The van der Waals surface area contributed by atoms with Gasteiger partial charge in [0.05, 0.1) is 5.51 Å². The highest BCUT2D eigenvalue weighted by Gasteiger charge is 2.19. The predicted octanol–water partition coefficient (Wildman–Crippen LogP) is 2.40. The lowest BCUT2D eigenvalue weighted by atomic mass is 10.1. The highest BCUT2D eigenvalue weighted by atomic mass is 32.1. The Bertz CT molecular complexity index is 280. The van der Waals surface area contributed by atoms with Gasteiger partial charge in [0.25, 0.3) is 5.91 Å². The molecule has 0 N–H and O–H groups in total. The summed E-state index contributed by atoms with van der Waals surface area (Å²) in [5.74, 6) is 0.0277. The fraction of sp³-hybridized carbons (Fsp3) is 0.600. The number of thiazole rings is 1. The van der Waals surface area contributed by atoms with Crippen molar-refractivity contribution < 1.29 is 4.79 Å². The van der Waals surface area contributed by atoms with Gasteiger partial charge in [0.2, 0.25) is 0 Å². The summed E-state index contributed by atoms with van der Waals surface area (Å²) in [7, 11) is 1.85. The minimum absolute atomic E-state index is 0.0277. The second kappa shape index (κ2) is 5.10. The zero-order valence-electron chi connectivity index (χ0n) is 8.86. The van der Waals surface area contributed by atoms with Crippen LogP contribution in [0.4, 0.5) is 0 Å². The van der Waals surface area contributed by atoms with Gasteiger partial charge < -0.3 is 4.90 Å². The Hall–Kier alpha value is -0.900. The molecule has 0 aliphatic heterocycles. The number of hydrogen-bond donors (Lipinski definition) is 0. The van der Waals surface area contributed by atoms with E-state index in [1.807, 2.05) is 7.05 Å². The first-order valence-electron chi connectivity index (χ1n) is 4.86. The maximum Gasteiger partial charge on any atom is 0.273 e. The van der Waals surface area contributed by atoms with Gasteiger partial charge in [-0.25, -0.2) is 4.98 Å². The van der Waals surface area contributed by atoms with Gasteiger partial charge in [0.1, 0.15) is 5.69 Å². The van der Waals surface area contributed by atoms with Gasteiger partial charge in [-0.1, -0.05) is 13.8 Å². The van der Waals surface area contributed by atoms with Crippen molar-refractivity contribution in [3.63, 3.8) is 0 Å². The van der Waals surface area contributed by atoms with Gasteiger partial charge in [-0.05, 0) is 12.8 Å². The van der Waals surface area contributed by atoms with Gasteiger partial charge in [-0.3, -0.25) is 4.79 Å². The molecule has 0 aromatic carbocycles. The lowest BCUT2D eigenvalue weighted by Gasteiger charge is -2.25. The molecule has 14 heavy (non-hydrogen) atoms. The minimum Gasteiger partial charge on any atom is -0.337 e. The van der Waals surface area contributed by atoms with Crippen LogP contribution in [0.15, 0.2) is 10.9 Å². The highest BCUT2D eigenvalue weighted by molar-refractivity contribution is 7.07. The number of nitrogens with zero attached hydrogens (tertiary/aromatic N) is 2. The third kappa shape index (κ3) is 2.32. The Morgan fingerprint density at radius 3 is 2.64 bits per heavy atom. The molecule has 0 unspecified atom stereocenters.